The average Bonchev–Trinajstić information content (AvgIpc) is 2.92. The molecule has 2 aromatic rings. The van der Waals surface area contributed by atoms with Gasteiger partial charge in [-0.05, 0) is 31.9 Å². The van der Waals surface area contributed by atoms with E-state index in [0.29, 0.717) is 18.9 Å². The first kappa shape index (κ1) is 16.1. The SMILES string of the molecule is Cc1nc(-c2ccnn2C)cc([C@@H]2CCCN(S(C)(=O)=O)C2)n1. The van der Waals surface area contributed by atoms with Gasteiger partial charge in [0, 0.05) is 37.9 Å². The van der Waals surface area contributed by atoms with Crippen LogP contribution in [0.15, 0.2) is 18.3 Å². The maximum absolute atomic E-state index is 11.8. The van der Waals surface area contributed by atoms with Crippen LogP contribution in [0.3, 0.4) is 0 Å². The van der Waals surface area contributed by atoms with E-state index in [0.717, 1.165) is 29.9 Å². The van der Waals surface area contributed by atoms with Gasteiger partial charge in [0.2, 0.25) is 10.0 Å². The summed E-state index contributed by atoms with van der Waals surface area (Å²) in [7, 11) is -1.29. The van der Waals surface area contributed by atoms with Crippen molar-refractivity contribution in [3.8, 4) is 11.4 Å². The van der Waals surface area contributed by atoms with Crippen LogP contribution in [0.2, 0.25) is 0 Å². The molecule has 0 amide bonds. The van der Waals surface area contributed by atoms with E-state index >= 15 is 0 Å². The minimum absolute atomic E-state index is 0.104. The molecule has 7 nitrogen and oxygen atoms in total. The van der Waals surface area contributed by atoms with Crippen LogP contribution in [-0.4, -0.2) is 51.8 Å². The Kier molecular flexibility index (Phi) is 4.20. The third-order valence-electron chi connectivity index (χ3n) is 4.21. The number of hydrogen-bond acceptors (Lipinski definition) is 5. The summed E-state index contributed by atoms with van der Waals surface area (Å²) in [5.74, 6) is 0.794. The highest BCUT2D eigenvalue weighted by Crippen LogP contribution is 2.29. The summed E-state index contributed by atoms with van der Waals surface area (Å²) >= 11 is 0. The molecule has 8 heteroatoms. The molecule has 0 aliphatic carbocycles. The molecular formula is C15H21N5O2S. The lowest BCUT2D eigenvalue weighted by molar-refractivity contribution is 0.314. The Morgan fingerprint density at radius 3 is 2.74 bits per heavy atom. The Morgan fingerprint density at radius 2 is 2.09 bits per heavy atom. The largest absolute Gasteiger partial charge is 0.266 e. The van der Waals surface area contributed by atoms with Crippen molar-refractivity contribution < 1.29 is 8.42 Å². The van der Waals surface area contributed by atoms with Gasteiger partial charge in [0.15, 0.2) is 0 Å². The van der Waals surface area contributed by atoms with E-state index in [-0.39, 0.29) is 5.92 Å². The Balaban J connectivity index is 1.94. The molecule has 0 radical (unpaired) electrons. The zero-order valence-corrected chi connectivity index (χ0v) is 14.4. The van der Waals surface area contributed by atoms with Crippen molar-refractivity contribution in [1.82, 2.24) is 24.1 Å². The van der Waals surface area contributed by atoms with Crippen LogP contribution in [0.1, 0.15) is 30.3 Å². The Labute approximate surface area is 136 Å². The number of hydrogen-bond donors (Lipinski definition) is 0. The fraction of sp³-hybridized carbons (Fsp3) is 0.533. The van der Waals surface area contributed by atoms with Gasteiger partial charge in [0.1, 0.15) is 5.82 Å². The van der Waals surface area contributed by atoms with Gasteiger partial charge in [-0.25, -0.2) is 22.7 Å². The van der Waals surface area contributed by atoms with Gasteiger partial charge in [0.25, 0.3) is 0 Å². The second kappa shape index (κ2) is 6.01. The van der Waals surface area contributed by atoms with Crippen molar-refractivity contribution in [3.05, 3.63) is 29.8 Å². The molecule has 1 fully saturated rings. The molecular weight excluding hydrogens is 314 g/mol. The number of nitrogens with zero attached hydrogens (tertiary/aromatic N) is 5. The molecule has 0 aromatic carbocycles. The van der Waals surface area contributed by atoms with E-state index in [1.807, 2.05) is 26.1 Å². The van der Waals surface area contributed by atoms with Gasteiger partial charge in [-0.15, -0.1) is 0 Å². The molecule has 124 valence electrons. The molecule has 0 bridgehead atoms. The van der Waals surface area contributed by atoms with Crippen LogP contribution in [0.4, 0.5) is 0 Å². The summed E-state index contributed by atoms with van der Waals surface area (Å²) in [4.78, 5) is 9.05. The van der Waals surface area contributed by atoms with Crippen molar-refractivity contribution in [2.75, 3.05) is 19.3 Å². The summed E-state index contributed by atoms with van der Waals surface area (Å²) in [6, 6.07) is 3.87. The summed E-state index contributed by atoms with van der Waals surface area (Å²) < 4.78 is 26.9. The maximum Gasteiger partial charge on any atom is 0.211 e. The van der Waals surface area contributed by atoms with Gasteiger partial charge in [-0.3, -0.25) is 4.68 Å². The first-order valence-corrected chi connectivity index (χ1v) is 9.48. The summed E-state index contributed by atoms with van der Waals surface area (Å²) in [6.45, 7) is 2.94. The van der Waals surface area contributed by atoms with Crippen molar-refractivity contribution in [2.24, 2.45) is 7.05 Å². The Bertz CT molecular complexity index is 815. The fourth-order valence-electron chi connectivity index (χ4n) is 3.04. The lowest BCUT2D eigenvalue weighted by Crippen LogP contribution is -2.38. The third-order valence-corrected chi connectivity index (χ3v) is 5.48. The van der Waals surface area contributed by atoms with E-state index in [2.05, 4.69) is 15.1 Å². The molecule has 3 heterocycles. The normalized spacial score (nSPS) is 19.9. The summed E-state index contributed by atoms with van der Waals surface area (Å²) in [5.41, 5.74) is 2.65. The average molecular weight is 335 g/mol. The molecule has 2 aromatic heterocycles. The van der Waals surface area contributed by atoms with E-state index < -0.39 is 10.0 Å². The minimum Gasteiger partial charge on any atom is -0.266 e. The van der Waals surface area contributed by atoms with Gasteiger partial charge >= 0.3 is 0 Å². The number of aryl methyl sites for hydroxylation is 2. The molecule has 0 N–H and O–H groups in total. The van der Waals surface area contributed by atoms with Crippen molar-refractivity contribution in [3.63, 3.8) is 0 Å². The van der Waals surface area contributed by atoms with E-state index in [4.69, 9.17) is 0 Å². The zero-order valence-electron chi connectivity index (χ0n) is 13.6. The second-order valence-corrected chi connectivity index (χ2v) is 8.01. The maximum atomic E-state index is 11.8. The molecule has 1 aliphatic rings. The molecule has 1 saturated heterocycles. The van der Waals surface area contributed by atoms with Crippen molar-refractivity contribution in [1.29, 1.82) is 0 Å². The van der Waals surface area contributed by atoms with E-state index in [1.165, 1.54) is 6.26 Å². The number of rotatable bonds is 3. The zero-order chi connectivity index (χ0) is 16.6. The van der Waals surface area contributed by atoms with Gasteiger partial charge in [-0.1, -0.05) is 0 Å². The Hall–Kier alpha value is -1.80. The highest BCUT2D eigenvalue weighted by molar-refractivity contribution is 7.88. The highest BCUT2D eigenvalue weighted by atomic mass is 32.2. The van der Waals surface area contributed by atoms with Crippen LogP contribution in [0.25, 0.3) is 11.4 Å². The topological polar surface area (TPSA) is 81.0 Å². The lowest BCUT2D eigenvalue weighted by atomic mass is 9.95. The molecule has 1 atom stereocenters. The molecule has 23 heavy (non-hydrogen) atoms. The molecule has 3 rings (SSSR count). The smallest absolute Gasteiger partial charge is 0.211 e. The van der Waals surface area contributed by atoms with Gasteiger partial charge in [-0.2, -0.15) is 5.10 Å². The van der Waals surface area contributed by atoms with Crippen LogP contribution in [0.5, 0.6) is 0 Å². The quantitative estimate of drug-likeness (QED) is 0.845. The minimum atomic E-state index is -3.16. The van der Waals surface area contributed by atoms with Crippen LogP contribution >= 0.6 is 0 Å². The van der Waals surface area contributed by atoms with Gasteiger partial charge in [0.05, 0.1) is 17.6 Å². The number of aromatic nitrogens is 4. The number of piperidine rings is 1. The summed E-state index contributed by atoms with van der Waals surface area (Å²) in [5, 5.41) is 4.18. The van der Waals surface area contributed by atoms with Gasteiger partial charge < -0.3 is 0 Å². The van der Waals surface area contributed by atoms with Crippen LogP contribution in [-0.2, 0) is 17.1 Å². The highest BCUT2D eigenvalue weighted by Gasteiger charge is 2.28. The monoisotopic (exact) mass is 335 g/mol. The standard InChI is InChI=1S/C15H21N5O2S/c1-11-17-13(9-14(18-11)15-6-7-16-19(15)2)12-5-4-8-20(10-12)23(3,21)22/h6-7,9,12H,4-5,8,10H2,1-3H3/t12-/m1/s1. The summed E-state index contributed by atoms with van der Waals surface area (Å²) in [6.07, 6.45) is 4.79. The molecule has 0 unspecified atom stereocenters. The predicted molar refractivity (Wildman–Crippen MR) is 87.4 cm³/mol. The van der Waals surface area contributed by atoms with Crippen molar-refractivity contribution in [2.45, 2.75) is 25.7 Å². The van der Waals surface area contributed by atoms with Crippen LogP contribution < -0.4 is 0 Å². The van der Waals surface area contributed by atoms with E-state index in [1.54, 1.807) is 15.2 Å². The van der Waals surface area contributed by atoms with E-state index in [9.17, 15) is 8.42 Å². The van der Waals surface area contributed by atoms with Crippen LogP contribution in [0, 0.1) is 6.92 Å². The fourth-order valence-corrected chi connectivity index (χ4v) is 3.95. The first-order chi connectivity index (χ1) is 10.8. The molecule has 1 aliphatic heterocycles. The lowest BCUT2D eigenvalue weighted by Gasteiger charge is -2.30. The van der Waals surface area contributed by atoms with Crippen molar-refractivity contribution >= 4 is 10.0 Å². The third kappa shape index (κ3) is 3.42. The first-order valence-electron chi connectivity index (χ1n) is 7.63. The number of sulfonamides is 1. The predicted octanol–water partition coefficient (Wildman–Crippen LogP) is 1.32. The second-order valence-electron chi connectivity index (χ2n) is 6.03. The molecule has 0 spiro atoms. The Morgan fingerprint density at radius 1 is 1.30 bits per heavy atom. The molecule has 0 saturated carbocycles.